The van der Waals surface area contributed by atoms with Gasteiger partial charge in [0.25, 0.3) is 10.0 Å². The molecular weight excluding hydrogens is 468 g/mol. The van der Waals surface area contributed by atoms with E-state index in [1.807, 2.05) is 26.0 Å². The van der Waals surface area contributed by atoms with Gasteiger partial charge < -0.3 is 4.74 Å². The van der Waals surface area contributed by atoms with Crippen molar-refractivity contribution in [1.82, 2.24) is 14.6 Å². The fourth-order valence-corrected chi connectivity index (χ4v) is 4.94. The molecule has 2 heterocycles. The molecule has 9 heteroatoms. The van der Waals surface area contributed by atoms with Crippen LogP contribution < -0.4 is 9.46 Å². The topological polar surface area (TPSA) is 85.6 Å². The van der Waals surface area contributed by atoms with E-state index in [0.717, 1.165) is 21.4 Å². The summed E-state index contributed by atoms with van der Waals surface area (Å²) in [6.07, 6.45) is 1.69. The average molecular weight is 487 g/mol. The Morgan fingerprint density at radius 1 is 1.10 bits per heavy atom. The molecule has 0 aliphatic rings. The molecule has 4 rings (SSSR count). The highest BCUT2D eigenvalue weighted by atomic mass is 79.9. The highest BCUT2D eigenvalue weighted by molar-refractivity contribution is 9.10. The molecule has 0 fully saturated rings. The number of methoxy groups -OCH3 is 1. The number of aryl methyl sites for hydroxylation is 2. The Kier molecular flexibility index (Phi) is 5.25. The first-order valence-corrected chi connectivity index (χ1v) is 11.3. The van der Waals surface area contributed by atoms with Crippen LogP contribution in [0.15, 0.2) is 64.1 Å². The highest BCUT2D eigenvalue weighted by Gasteiger charge is 2.22. The third-order valence-electron chi connectivity index (χ3n) is 4.62. The van der Waals surface area contributed by atoms with Crippen molar-refractivity contribution in [3.8, 4) is 16.9 Å². The van der Waals surface area contributed by atoms with Crippen molar-refractivity contribution in [3.63, 3.8) is 0 Å². The van der Waals surface area contributed by atoms with Crippen LogP contribution in [0.2, 0.25) is 0 Å². The quantitative estimate of drug-likeness (QED) is 0.445. The Hall–Kier alpha value is -2.91. The molecule has 0 bridgehead atoms. The number of hydrogen-bond donors (Lipinski definition) is 1. The number of sulfonamides is 1. The first kappa shape index (κ1) is 20.4. The average Bonchev–Trinajstić information content (AvgIpc) is 3.11. The Morgan fingerprint density at radius 3 is 2.63 bits per heavy atom. The van der Waals surface area contributed by atoms with Crippen molar-refractivity contribution >= 4 is 37.3 Å². The minimum atomic E-state index is -3.90. The fraction of sp³-hybridized carbons (Fsp3) is 0.143. The summed E-state index contributed by atoms with van der Waals surface area (Å²) in [5, 5.41) is 4.40. The zero-order chi connectivity index (χ0) is 21.5. The van der Waals surface area contributed by atoms with E-state index < -0.39 is 10.0 Å². The third kappa shape index (κ3) is 3.78. The van der Waals surface area contributed by atoms with Gasteiger partial charge in [0.1, 0.15) is 10.6 Å². The fourth-order valence-electron chi connectivity index (χ4n) is 3.29. The van der Waals surface area contributed by atoms with Gasteiger partial charge >= 0.3 is 0 Å². The Balaban J connectivity index is 1.83. The van der Waals surface area contributed by atoms with E-state index in [-0.39, 0.29) is 10.6 Å². The molecule has 0 spiro atoms. The smallest absolute Gasteiger partial charge is 0.265 e. The number of benzene rings is 2. The molecular formula is C21H19BrN4O3S. The van der Waals surface area contributed by atoms with Gasteiger partial charge in [0.2, 0.25) is 0 Å². The molecule has 0 amide bonds. The summed E-state index contributed by atoms with van der Waals surface area (Å²) in [5.74, 6) is 0.248. The maximum Gasteiger partial charge on any atom is 0.265 e. The number of nitrogens with one attached hydrogen (secondary N) is 1. The molecule has 0 aliphatic carbocycles. The summed E-state index contributed by atoms with van der Waals surface area (Å²) in [5.41, 5.74) is 4.34. The molecule has 30 heavy (non-hydrogen) atoms. The minimum absolute atomic E-state index is 0.0335. The summed E-state index contributed by atoms with van der Waals surface area (Å²) in [7, 11) is -2.46. The van der Waals surface area contributed by atoms with Crippen LogP contribution in [0.25, 0.3) is 16.8 Å². The van der Waals surface area contributed by atoms with Gasteiger partial charge in [0.05, 0.1) is 13.3 Å². The van der Waals surface area contributed by atoms with Crippen LogP contribution in [-0.2, 0) is 10.0 Å². The largest absolute Gasteiger partial charge is 0.495 e. The molecule has 2 aromatic carbocycles. The van der Waals surface area contributed by atoms with E-state index in [9.17, 15) is 8.42 Å². The number of fused-ring (bicyclic) bond motifs is 1. The lowest BCUT2D eigenvalue weighted by Gasteiger charge is -2.13. The second kappa shape index (κ2) is 7.73. The van der Waals surface area contributed by atoms with Crippen LogP contribution in [0.4, 0.5) is 5.69 Å². The molecule has 0 atom stereocenters. The number of ether oxygens (including phenoxy) is 1. The van der Waals surface area contributed by atoms with Crippen LogP contribution in [0.3, 0.4) is 0 Å². The normalized spacial score (nSPS) is 11.6. The number of nitrogens with zero attached hydrogens (tertiary/aromatic N) is 3. The summed E-state index contributed by atoms with van der Waals surface area (Å²) in [6, 6.07) is 13.9. The summed E-state index contributed by atoms with van der Waals surface area (Å²) >= 11 is 3.35. The number of aromatic nitrogens is 3. The molecule has 0 aliphatic heterocycles. The number of anilines is 1. The van der Waals surface area contributed by atoms with Gasteiger partial charge in [-0.3, -0.25) is 4.72 Å². The molecule has 4 aromatic rings. The van der Waals surface area contributed by atoms with Crippen molar-refractivity contribution in [1.29, 1.82) is 0 Å². The van der Waals surface area contributed by atoms with Crippen LogP contribution in [0, 0.1) is 13.8 Å². The molecule has 0 unspecified atom stereocenters. The molecule has 2 aromatic heterocycles. The van der Waals surface area contributed by atoms with Crippen molar-refractivity contribution in [3.05, 3.63) is 70.6 Å². The van der Waals surface area contributed by atoms with E-state index in [1.165, 1.54) is 7.11 Å². The SMILES string of the molecule is COc1ccc(-c2cnn3c(C)cc(C)nc23)cc1S(=O)(=O)Nc1cccc(Br)c1. The second-order valence-corrected chi connectivity index (χ2v) is 9.38. The summed E-state index contributed by atoms with van der Waals surface area (Å²) in [6.45, 7) is 3.86. The summed E-state index contributed by atoms with van der Waals surface area (Å²) < 4.78 is 36.7. The van der Waals surface area contributed by atoms with Crippen LogP contribution in [0.1, 0.15) is 11.4 Å². The molecule has 0 saturated heterocycles. The zero-order valence-corrected chi connectivity index (χ0v) is 19.0. The van der Waals surface area contributed by atoms with Crippen LogP contribution in [-0.4, -0.2) is 30.1 Å². The van der Waals surface area contributed by atoms with Crippen LogP contribution >= 0.6 is 15.9 Å². The van der Waals surface area contributed by atoms with Gasteiger partial charge in [-0.15, -0.1) is 0 Å². The van der Waals surface area contributed by atoms with Gasteiger partial charge in [-0.05, 0) is 55.8 Å². The lowest BCUT2D eigenvalue weighted by Crippen LogP contribution is -2.14. The van der Waals surface area contributed by atoms with Crippen molar-refractivity contribution in [2.45, 2.75) is 18.7 Å². The molecule has 154 valence electrons. The van der Waals surface area contributed by atoms with E-state index >= 15 is 0 Å². The predicted octanol–water partition coefficient (Wildman–Crippen LogP) is 4.59. The lowest BCUT2D eigenvalue weighted by atomic mass is 10.1. The third-order valence-corrected chi connectivity index (χ3v) is 6.51. The standard InChI is InChI=1S/C21H19BrN4O3S/c1-13-9-14(2)26-21(24-13)18(12-23-26)15-7-8-19(29-3)20(10-15)30(27,28)25-17-6-4-5-16(22)11-17/h4-12,25H,1-3H3. The van der Waals surface area contributed by atoms with Gasteiger partial charge in [0, 0.05) is 27.1 Å². The lowest BCUT2D eigenvalue weighted by molar-refractivity contribution is 0.403. The molecule has 0 radical (unpaired) electrons. The van der Waals surface area contributed by atoms with Gasteiger partial charge in [-0.25, -0.2) is 17.9 Å². The van der Waals surface area contributed by atoms with E-state index in [4.69, 9.17) is 4.74 Å². The van der Waals surface area contributed by atoms with Gasteiger partial charge in [-0.1, -0.05) is 28.1 Å². The van der Waals surface area contributed by atoms with Crippen molar-refractivity contribution < 1.29 is 13.2 Å². The molecule has 7 nitrogen and oxygen atoms in total. The first-order valence-electron chi connectivity index (χ1n) is 9.07. The minimum Gasteiger partial charge on any atom is -0.495 e. The van der Waals surface area contributed by atoms with E-state index in [1.54, 1.807) is 47.1 Å². The first-order chi connectivity index (χ1) is 14.3. The Labute approximate surface area is 182 Å². The number of rotatable bonds is 5. The molecule has 1 N–H and O–H groups in total. The van der Waals surface area contributed by atoms with Crippen LogP contribution in [0.5, 0.6) is 5.75 Å². The maximum atomic E-state index is 13.1. The monoisotopic (exact) mass is 486 g/mol. The van der Waals surface area contributed by atoms with E-state index in [0.29, 0.717) is 16.9 Å². The number of hydrogen-bond acceptors (Lipinski definition) is 5. The zero-order valence-electron chi connectivity index (χ0n) is 16.5. The summed E-state index contributed by atoms with van der Waals surface area (Å²) in [4.78, 5) is 4.62. The van der Waals surface area contributed by atoms with Gasteiger partial charge in [0.15, 0.2) is 5.65 Å². The van der Waals surface area contributed by atoms with Crippen molar-refractivity contribution in [2.75, 3.05) is 11.8 Å². The van der Waals surface area contributed by atoms with Gasteiger partial charge in [-0.2, -0.15) is 5.10 Å². The highest BCUT2D eigenvalue weighted by Crippen LogP contribution is 2.33. The number of halogens is 1. The second-order valence-electron chi connectivity index (χ2n) is 6.81. The maximum absolute atomic E-state index is 13.1. The molecule has 0 saturated carbocycles. The Morgan fingerprint density at radius 2 is 1.90 bits per heavy atom. The van der Waals surface area contributed by atoms with E-state index in [2.05, 4.69) is 30.7 Å². The predicted molar refractivity (Wildman–Crippen MR) is 119 cm³/mol. The van der Waals surface area contributed by atoms with Crippen molar-refractivity contribution in [2.24, 2.45) is 0 Å². The Bertz CT molecular complexity index is 1370.